The van der Waals surface area contributed by atoms with E-state index < -0.39 is 0 Å². The van der Waals surface area contributed by atoms with Crippen molar-refractivity contribution < 1.29 is 14.0 Å². The number of hydrogen-bond donors (Lipinski definition) is 2. The van der Waals surface area contributed by atoms with Crippen LogP contribution in [0.1, 0.15) is 60.2 Å². The molecule has 30 heavy (non-hydrogen) atoms. The molecule has 0 saturated heterocycles. The van der Waals surface area contributed by atoms with Crippen molar-refractivity contribution in [3.63, 3.8) is 0 Å². The summed E-state index contributed by atoms with van der Waals surface area (Å²) in [5.74, 6) is 2.21. The Kier molecular flexibility index (Phi) is 4.76. The number of carbonyl (C=O) groups is 2. The molecule has 156 valence electrons. The lowest BCUT2D eigenvalue weighted by molar-refractivity contribution is -0.123. The van der Waals surface area contributed by atoms with E-state index in [-0.39, 0.29) is 23.1 Å². The molecule has 4 saturated carbocycles. The first-order valence-electron chi connectivity index (χ1n) is 10.9. The number of rotatable bonds is 5. The largest absolute Gasteiger partial charge is 0.465 e. The van der Waals surface area contributed by atoms with Gasteiger partial charge in [0.15, 0.2) is 0 Å². The molecule has 4 fully saturated rings. The number of furan rings is 1. The van der Waals surface area contributed by atoms with E-state index >= 15 is 0 Å². The highest BCUT2D eigenvalue weighted by atomic mass is 16.3. The first-order valence-corrected chi connectivity index (χ1v) is 10.9. The van der Waals surface area contributed by atoms with Crippen LogP contribution >= 0.6 is 0 Å². The van der Waals surface area contributed by atoms with Gasteiger partial charge < -0.3 is 15.1 Å². The van der Waals surface area contributed by atoms with Crippen LogP contribution in [0.3, 0.4) is 0 Å². The molecule has 4 aliphatic carbocycles. The van der Waals surface area contributed by atoms with Crippen molar-refractivity contribution in [1.29, 1.82) is 0 Å². The fourth-order valence-electron chi connectivity index (χ4n) is 6.23. The Hall–Kier alpha value is -2.82. The smallest absolute Gasteiger partial charge is 0.268 e. The van der Waals surface area contributed by atoms with E-state index in [9.17, 15) is 9.59 Å². The second-order valence-electron chi connectivity index (χ2n) is 9.55. The highest BCUT2D eigenvalue weighted by Crippen LogP contribution is 2.55. The van der Waals surface area contributed by atoms with Crippen LogP contribution < -0.4 is 10.6 Å². The maximum atomic E-state index is 13.4. The topological polar surface area (TPSA) is 71.3 Å². The number of hydrogen-bond acceptors (Lipinski definition) is 3. The Bertz CT molecular complexity index is 954. The average molecular weight is 405 g/mol. The van der Waals surface area contributed by atoms with Crippen LogP contribution in [-0.2, 0) is 4.79 Å². The van der Waals surface area contributed by atoms with Gasteiger partial charge in [0, 0.05) is 17.2 Å². The lowest BCUT2D eigenvalue weighted by Gasteiger charge is -2.56. The third kappa shape index (κ3) is 3.81. The van der Waals surface area contributed by atoms with Crippen molar-refractivity contribution in [1.82, 2.24) is 10.6 Å². The van der Waals surface area contributed by atoms with Crippen LogP contribution in [0.25, 0.3) is 6.08 Å². The number of carbonyl (C=O) groups excluding carboxylic acids is 2. The predicted octanol–water partition coefficient (Wildman–Crippen LogP) is 4.44. The molecule has 0 radical (unpaired) electrons. The molecule has 0 spiro atoms. The normalized spacial score (nSPS) is 29.6. The third-order valence-electron chi connectivity index (χ3n) is 7.02. The molecular weight excluding hydrogens is 376 g/mol. The summed E-state index contributed by atoms with van der Waals surface area (Å²) in [6.07, 6.45) is 10.3. The number of benzene rings is 1. The van der Waals surface area contributed by atoms with Gasteiger partial charge in [-0.25, -0.2) is 0 Å². The molecule has 4 bridgehead atoms. The molecule has 1 aromatic heterocycles. The molecule has 5 heteroatoms. The van der Waals surface area contributed by atoms with Crippen LogP contribution in [0.2, 0.25) is 0 Å². The Morgan fingerprint density at radius 2 is 1.73 bits per heavy atom. The minimum Gasteiger partial charge on any atom is -0.465 e. The fraction of sp³-hybridized carbons (Fsp3) is 0.440. The third-order valence-corrected chi connectivity index (χ3v) is 7.02. The SMILES string of the molecule is Cc1cccc(C(=O)N/C(=C\c2ccco2)C(=O)NC23CC4CC(CC(C4)C2)C3)c1. The summed E-state index contributed by atoms with van der Waals surface area (Å²) in [7, 11) is 0. The highest BCUT2D eigenvalue weighted by molar-refractivity contribution is 6.05. The van der Waals surface area contributed by atoms with Crippen LogP contribution in [0, 0.1) is 24.7 Å². The van der Waals surface area contributed by atoms with Gasteiger partial charge in [-0.3, -0.25) is 9.59 Å². The van der Waals surface area contributed by atoms with E-state index in [0.29, 0.717) is 11.3 Å². The summed E-state index contributed by atoms with van der Waals surface area (Å²) in [6, 6.07) is 10.9. The molecular formula is C25H28N2O3. The molecule has 0 atom stereocenters. The van der Waals surface area contributed by atoms with E-state index in [0.717, 1.165) is 42.6 Å². The zero-order chi connectivity index (χ0) is 20.7. The van der Waals surface area contributed by atoms with Crippen LogP contribution in [0.4, 0.5) is 0 Å². The minimum absolute atomic E-state index is 0.123. The first-order chi connectivity index (χ1) is 14.5. The van der Waals surface area contributed by atoms with E-state index in [1.165, 1.54) is 19.3 Å². The van der Waals surface area contributed by atoms with Crippen LogP contribution in [0.5, 0.6) is 0 Å². The van der Waals surface area contributed by atoms with Crippen LogP contribution in [-0.4, -0.2) is 17.4 Å². The molecule has 6 rings (SSSR count). The average Bonchev–Trinajstić information content (AvgIpc) is 3.19. The number of amides is 2. The van der Waals surface area contributed by atoms with Crippen molar-refractivity contribution in [2.45, 2.75) is 51.0 Å². The molecule has 2 amide bonds. The van der Waals surface area contributed by atoms with Gasteiger partial charge in [0.1, 0.15) is 11.5 Å². The lowest BCUT2D eigenvalue weighted by Crippen LogP contribution is -2.60. The number of nitrogens with one attached hydrogen (secondary N) is 2. The van der Waals surface area contributed by atoms with Crippen molar-refractivity contribution in [2.24, 2.45) is 17.8 Å². The Labute approximate surface area is 176 Å². The summed E-state index contributed by atoms with van der Waals surface area (Å²) in [5.41, 5.74) is 1.63. The standard InChI is InChI=1S/C25H28N2O3/c1-16-4-2-5-20(8-16)23(28)26-22(12-21-6-3-7-30-21)24(29)27-25-13-17-9-18(14-25)11-19(10-17)15-25/h2-8,12,17-19H,9-11,13-15H2,1H3,(H,26,28)(H,27,29)/b22-12-. The van der Waals surface area contributed by atoms with Crippen molar-refractivity contribution in [2.75, 3.05) is 0 Å². The predicted molar refractivity (Wildman–Crippen MR) is 114 cm³/mol. The zero-order valence-corrected chi connectivity index (χ0v) is 17.3. The summed E-state index contributed by atoms with van der Waals surface area (Å²) >= 11 is 0. The number of aryl methyl sites for hydroxylation is 1. The van der Waals surface area contributed by atoms with E-state index in [4.69, 9.17) is 4.42 Å². The first kappa shape index (κ1) is 19.2. The highest BCUT2D eigenvalue weighted by Gasteiger charge is 2.51. The van der Waals surface area contributed by atoms with Gasteiger partial charge in [0.2, 0.25) is 0 Å². The maximum Gasteiger partial charge on any atom is 0.268 e. The van der Waals surface area contributed by atoms with Gasteiger partial charge in [0.05, 0.1) is 6.26 Å². The van der Waals surface area contributed by atoms with Crippen LogP contribution in [0.15, 0.2) is 52.8 Å². The minimum atomic E-state index is -0.294. The summed E-state index contributed by atoms with van der Waals surface area (Å²) in [6.45, 7) is 1.94. The monoisotopic (exact) mass is 404 g/mol. The van der Waals surface area contributed by atoms with Gasteiger partial charge >= 0.3 is 0 Å². The lowest BCUT2D eigenvalue weighted by atomic mass is 9.53. The molecule has 0 unspecified atom stereocenters. The second kappa shape index (κ2) is 7.46. The van der Waals surface area contributed by atoms with Gasteiger partial charge in [-0.05, 0) is 87.5 Å². The van der Waals surface area contributed by atoms with Crippen molar-refractivity contribution >= 4 is 17.9 Å². The zero-order valence-electron chi connectivity index (χ0n) is 17.3. The van der Waals surface area contributed by atoms with Gasteiger partial charge in [-0.15, -0.1) is 0 Å². The summed E-state index contributed by atoms with van der Waals surface area (Å²) in [5, 5.41) is 6.17. The Morgan fingerprint density at radius 1 is 1.03 bits per heavy atom. The van der Waals surface area contributed by atoms with E-state index in [2.05, 4.69) is 10.6 Å². The quantitative estimate of drug-likeness (QED) is 0.724. The van der Waals surface area contributed by atoms with E-state index in [1.807, 2.05) is 25.1 Å². The van der Waals surface area contributed by atoms with E-state index in [1.54, 1.807) is 30.5 Å². The van der Waals surface area contributed by atoms with Gasteiger partial charge in [0.25, 0.3) is 11.8 Å². The van der Waals surface area contributed by atoms with Crippen molar-refractivity contribution in [3.8, 4) is 0 Å². The molecule has 1 aromatic carbocycles. The molecule has 0 aliphatic heterocycles. The summed E-state index contributed by atoms with van der Waals surface area (Å²) < 4.78 is 5.41. The fourth-order valence-corrected chi connectivity index (χ4v) is 6.23. The Balaban J connectivity index is 1.38. The molecule has 4 aliphatic rings. The second-order valence-corrected chi connectivity index (χ2v) is 9.55. The van der Waals surface area contributed by atoms with Crippen molar-refractivity contribution in [3.05, 3.63) is 65.2 Å². The molecule has 5 nitrogen and oxygen atoms in total. The van der Waals surface area contributed by atoms with Gasteiger partial charge in [-0.1, -0.05) is 17.7 Å². The molecule has 1 heterocycles. The Morgan fingerprint density at radius 3 is 2.33 bits per heavy atom. The molecule has 2 N–H and O–H groups in total. The summed E-state index contributed by atoms with van der Waals surface area (Å²) in [4.78, 5) is 26.2. The van der Waals surface area contributed by atoms with Gasteiger partial charge in [-0.2, -0.15) is 0 Å². The maximum absolute atomic E-state index is 13.4. The molecule has 2 aromatic rings.